The number of thiocarbonyl (C=S) groups is 1. The molecule has 0 aliphatic carbocycles. The second kappa shape index (κ2) is 8.42. The molecule has 1 N–H and O–H groups in total. The topological polar surface area (TPSA) is 67.6 Å². The Balaban J connectivity index is 2.02. The molecule has 0 aromatic heterocycles. The van der Waals surface area contributed by atoms with Gasteiger partial charge in [0.15, 0.2) is 5.11 Å². The van der Waals surface area contributed by atoms with Gasteiger partial charge in [-0.2, -0.15) is 18.4 Å². The van der Waals surface area contributed by atoms with E-state index in [1.165, 1.54) is 12.1 Å². The number of hydrogen-bond acceptors (Lipinski definition) is 4. The number of hydrogen-bond donors (Lipinski definition) is 1. The second-order valence-corrected chi connectivity index (χ2v) is 7.24. The van der Waals surface area contributed by atoms with Crippen molar-refractivity contribution in [1.29, 1.82) is 5.26 Å². The maximum absolute atomic E-state index is 13.4. The molecule has 1 unspecified atom stereocenters. The molecule has 2 aromatic carbocycles. The van der Waals surface area contributed by atoms with Crippen molar-refractivity contribution in [3.8, 4) is 6.07 Å². The van der Waals surface area contributed by atoms with Crippen LogP contribution < -0.4 is 9.80 Å². The van der Waals surface area contributed by atoms with E-state index < -0.39 is 29.3 Å². The molecule has 0 spiro atoms. The summed E-state index contributed by atoms with van der Waals surface area (Å²) < 4.78 is 40.2. The Morgan fingerprint density at radius 1 is 1.17 bits per heavy atom. The van der Waals surface area contributed by atoms with Crippen LogP contribution in [0, 0.1) is 11.3 Å². The molecule has 3 rings (SSSR count). The van der Waals surface area contributed by atoms with Crippen LogP contribution in [0.25, 0.3) is 0 Å². The molecule has 156 valence electrons. The van der Waals surface area contributed by atoms with Gasteiger partial charge in [0.1, 0.15) is 0 Å². The quantitative estimate of drug-likeness (QED) is 0.720. The number of rotatable bonds is 3. The minimum atomic E-state index is -4.74. The summed E-state index contributed by atoms with van der Waals surface area (Å²) in [6.45, 7) is 2.05. The van der Waals surface area contributed by atoms with Crippen LogP contribution >= 0.6 is 12.2 Å². The summed E-state index contributed by atoms with van der Waals surface area (Å²) >= 11 is 5.49. The van der Waals surface area contributed by atoms with E-state index >= 15 is 0 Å². The Kier molecular flexibility index (Phi) is 6.10. The van der Waals surface area contributed by atoms with E-state index in [0.717, 1.165) is 17.0 Å². The predicted octanol–water partition coefficient (Wildman–Crippen LogP) is 4.55. The third-order valence-electron chi connectivity index (χ3n) is 4.82. The van der Waals surface area contributed by atoms with E-state index in [0.29, 0.717) is 24.2 Å². The Hall–Kier alpha value is -2.96. The van der Waals surface area contributed by atoms with Crippen molar-refractivity contribution in [1.82, 2.24) is 0 Å². The number of carbonyl (C=O) groups is 1. The Labute approximate surface area is 176 Å². The van der Waals surface area contributed by atoms with Crippen molar-refractivity contribution >= 4 is 34.6 Å². The summed E-state index contributed by atoms with van der Waals surface area (Å²) in [4.78, 5) is 15.5. The van der Waals surface area contributed by atoms with Gasteiger partial charge >= 0.3 is 6.18 Å². The van der Waals surface area contributed by atoms with Crippen LogP contribution in [0.15, 0.2) is 42.5 Å². The van der Waals surface area contributed by atoms with Gasteiger partial charge in [-0.1, -0.05) is 12.1 Å². The molecule has 9 heteroatoms. The van der Waals surface area contributed by atoms with Gasteiger partial charge in [0.25, 0.3) is 0 Å². The molecule has 1 saturated heterocycles. The lowest BCUT2D eigenvalue weighted by Crippen LogP contribution is -2.44. The summed E-state index contributed by atoms with van der Waals surface area (Å²) in [7, 11) is 0. The first-order chi connectivity index (χ1) is 14.1. The maximum atomic E-state index is 13.4. The van der Waals surface area contributed by atoms with Gasteiger partial charge in [-0.3, -0.25) is 9.69 Å². The molecule has 1 amide bonds. The van der Waals surface area contributed by atoms with Gasteiger partial charge in [-0.25, -0.2) is 0 Å². The summed E-state index contributed by atoms with van der Waals surface area (Å²) in [5.74, 6) is -0.416. The van der Waals surface area contributed by atoms with E-state index in [-0.39, 0.29) is 17.2 Å². The number of nitriles is 1. The zero-order chi connectivity index (χ0) is 22.1. The highest BCUT2D eigenvalue weighted by Crippen LogP contribution is 2.35. The van der Waals surface area contributed by atoms with E-state index in [1.54, 1.807) is 36.1 Å². The van der Waals surface area contributed by atoms with Crippen LogP contribution in [-0.4, -0.2) is 22.7 Å². The second-order valence-electron chi connectivity index (χ2n) is 6.87. The molecule has 1 aliphatic heterocycles. The first-order valence-electron chi connectivity index (χ1n) is 9.17. The molecule has 0 bridgehead atoms. The lowest BCUT2D eigenvalue weighted by atomic mass is 10.1. The average molecular weight is 433 g/mol. The maximum Gasteiger partial charge on any atom is 0.417 e. The highest BCUT2D eigenvalue weighted by molar-refractivity contribution is 7.81. The van der Waals surface area contributed by atoms with Crippen LogP contribution in [0.3, 0.4) is 0 Å². The highest BCUT2D eigenvalue weighted by Gasteiger charge is 2.36. The van der Waals surface area contributed by atoms with Crippen LogP contribution in [0.4, 0.5) is 24.5 Å². The number of aliphatic hydroxyl groups excluding tert-OH is 1. The van der Waals surface area contributed by atoms with Gasteiger partial charge in [0.2, 0.25) is 5.91 Å². The minimum absolute atomic E-state index is 0.0381. The third kappa shape index (κ3) is 4.30. The fraction of sp³-hybridized carbons (Fsp3) is 0.286. The van der Waals surface area contributed by atoms with E-state index in [2.05, 4.69) is 0 Å². The minimum Gasteiger partial charge on any atom is -0.389 e. The number of halogens is 3. The van der Waals surface area contributed by atoms with Crippen LogP contribution in [-0.2, 0) is 11.0 Å². The number of anilines is 2. The summed E-state index contributed by atoms with van der Waals surface area (Å²) in [5, 5.41) is 18.7. The molecule has 2 aromatic rings. The molecule has 1 aliphatic rings. The van der Waals surface area contributed by atoms with Gasteiger partial charge < -0.3 is 10.0 Å². The molecule has 1 atom stereocenters. The molecule has 0 radical (unpaired) electrons. The number of benzene rings is 2. The monoisotopic (exact) mass is 433 g/mol. The van der Waals surface area contributed by atoms with Crippen molar-refractivity contribution in [2.24, 2.45) is 0 Å². The highest BCUT2D eigenvalue weighted by atomic mass is 32.1. The summed E-state index contributed by atoms with van der Waals surface area (Å²) in [6.07, 6.45) is -4.80. The number of amides is 1. The van der Waals surface area contributed by atoms with Crippen LogP contribution in [0.2, 0.25) is 0 Å². The normalized spacial score (nSPS) is 16.3. The number of carbonyl (C=O) groups excluding carboxylic acids is 1. The number of aliphatic hydroxyl groups is 1. The first kappa shape index (κ1) is 21.7. The Morgan fingerprint density at radius 3 is 2.37 bits per heavy atom. The smallest absolute Gasteiger partial charge is 0.389 e. The van der Waals surface area contributed by atoms with Gasteiger partial charge in [0, 0.05) is 18.7 Å². The van der Waals surface area contributed by atoms with Crippen molar-refractivity contribution < 1.29 is 23.1 Å². The average Bonchev–Trinajstić information content (AvgIpc) is 2.84. The van der Waals surface area contributed by atoms with Crippen molar-refractivity contribution in [2.75, 3.05) is 16.3 Å². The molecule has 30 heavy (non-hydrogen) atoms. The fourth-order valence-corrected chi connectivity index (χ4v) is 3.66. The number of nitrogens with zero attached hydrogens (tertiary/aromatic N) is 3. The Morgan fingerprint density at radius 2 is 1.80 bits per heavy atom. The summed E-state index contributed by atoms with van der Waals surface area (Å²) in [6, 6.07) is 11.6. The van der Waals surface area contributed by atoms with E-state index in [1.807, 2.05) is 0 Å². The largest absolute Gasteiger partial charge is 0.417 e. The van der Waals surface area contributed by atoms with Gasteiger partial charge in [-0.05, 0) is 61.5 Å². The van der Waals surface area contributed by atoms with Crippen molar-refractivity contribution in [2.45, 2.75) is 32.0 Å². The molecule has 0 saturated carbocycles. The third-order valence-corrected chi connectivity index (χ3v) is 5.22. The zero-order valence-corrected chi connectivity index (χ0v) is 16.8. The number of alkyl halides is 3. The zero-order valence-electron chi connectivity index (χ0n) is 16.0. The van der Waals surface area contributed by atoms with E-state index in [4.69, 9.17) is 17.5 Å². The van der Waals surface area contributed by atoms with E-state index in [9.17, 15) is 23.1 Å². The van der Waals surface area contributed by atoms with Crippen molar-refractivity contribution in [3.63, 3.8) is 0 Å². The SMILES string of the molecule is CC(O)c1ccc(N2CCCC(=O)N(c3ccc(C#N)c(C(F)(F)F)c3)C2=S)cc1. The molecule has 1 heterocycles. The molecular weight excluding hydrogens is 415 g/mol. The lowest BCUT2D eigenvalue weighted by molar-refractivity contribution is -0.137. The molecule has 5 nitrogen and oxygen atoms in total. The van der Waals surface area contributed by atoms with Gasteiger partial charge in [0.05, 0.1) is 29.0 Å². The lowest BCUT2D eigenvalue weighted by Gasteiger charge is -2.30. The van der Waals surface area contributed by atoms with Gasteiger partial charge in [-0.15, -0.1) is 0 Å². The fourth-order valence-electron chi connectivity index (χ4n) is 3.25. The molecule has 1 fully saturated rings. The Bertz CT molecular complexity index is 1010. The molecular formula is C21H18F3N3O2S. The standard InChI is InChI=1S/C21H18F3N3O2S/c1-13(28)14-4-7-16(8-5-14)26-10-2-3-19(29)27(20(26)30)17-9-6-15(12-25)18(11-17)21(22,23)24/h4-9,11,13,28H,2-3,10H2,1H3. The summed E-state index contributed by atoms with van der Waals surface area (Å²) in [5.41, 5.74) is -0.313. The van der Waals surface area contributed by atoms with Crippen LogP contribution in [0.5, 0.6) is 0 Å². The predicted molar refractivity (Wildman–Crippen MR) is 110 cm³/mol. The first-order valence-corrected chi connectivity index (χ1v) is 9.58. The van der Waals surface area contributed by atoms with Crippen molar-refractivity contribution in [3.05, 3.63) is 59.2 Å². The van der Waals surface area contributed by atoms with Crippen LogP contribution in [0.1, 0.15) is 42.6 Å².